The predicted molar refractivity (Wildman–Crippen MR) is 102 cm³/mol. The van der Waals surface area contributed by atoms with Crippen LogP contribution in [0.2, 0.25) is 0 Å². The van der Waals surface area contributed by atoms with Crippen LogP contribution in [0.4, 0.5) is 5.69 Å². The quantitative estimate of drug-likeness (QED) is 0.341. The Hall–Kier alpha value is -1.46. The molecule has 1 fully saturated rings. The molecular formula is C20H32N3O2. The largest absolute Gasteiger partial charge is 0.303 e. The number of non-ortho nitro benzene ring substituents is 1. The van der Waals surface area contributed by atoms with Gasteiger partial charge in [-0.25, -0.2) is 0 Å². The molecule has 0 unspecified atom stereocenters. The van der Waals surface area contributed by atoms with E-state index in [0.29, 0.717) is 0 Å². The molecule has 1 aromatic carbocycles. The molecule has 0 spiro atoms. The number of rotatable bonds is 11. The fraction of sp³-hybridized carbons (Fsp3) is 0.650. The average molecular weight is 346 g/mol. The van der Waals surface area contributed by atoms with Gasteiger partial charge in [0.1, 0.15) is 0 Å². The minimum absolute atomic E-state index is 0.165. The van der Waals surface area contributed by atoms with E-state index in [1.54, 1.807) is 12.1 Å². The molecule has 0 aliphatic carbocycles. The Morgan fingerprint density at radius 2 is 1.76 bits per heavy atom. The van der Waals surface area contributed by atoms with E-state index < -0.39 is 0 Å². The molecule has 5 heteroatoms. The molecule has 1 saturated heterocycles. The molecule has 0 atom stereocenters. The summed E-state index contributed by atoms with van der Waals surface area (Å²) in [6, 6.07) is 6.94. The highest BCUT2D eigenvalue weighted by molar-refractivity contribution is 5.32. The third-order valence-electron chi connectivity index (χ3n) is 5.00. The van der Waals surface area contributed by atoms with Crippen molar-refractivity contribution in [2.45, 2.75) is 52.0 Å². The van der Waals surface area contributed by atoms with Gasteiger partial charge in [0, 0.05) is 18.7 Å². The number of hydrogen-bond acceptors (Lipinski definition) is 4. The predicted octanol–water partition coefficient (Wildman–Crippen LogP) is 4.28. The second-order valence-electron chi connectivity index (χ2n) is 6.91. The van der Waals surface area contributed by atoms with Gasteiger partial charge in [-0.3, -0.25) is 15.0 Å². The lowest BCUT2D eigenvalue weighted by molar-refractivity contribution is -0.384. The Morgan fingerprint density at radius 1 is 1.08 bits per heavy atom. The van der Waals surface area contributed by atoms with Gasteiger partial charge in [-0.1, -0.05) is 31.9 Å². The summed E-state index contributed by atoms with van der Waals surface area (Å²) >= 11 is 0. The van der Waals surface area contributed by atoms with Crippen LogP contribution in [-0.2, 0) is 6.54 Å². The summed E-state index contributed by atoms with van der Waals surface area (Å²) in [7, 11) is 0. The summed E-state index contributed by atoms with van der Waals surface area (Å²) in [4.78, 5) is 15.4. The summed E-state index contributed by atoms with van der Waals surface area (Å²) in [5.74, 6) is 0. The van der Waals surface area contributed by atoms with Crippen LogP contribution in [0.15, 0.2) is 24.3 Å². The van der Waals surface area contributed by atoms with Gasteiger partial charge in [-0.15, -0.1) is 0 Å². The number of piperidine rings is 1. The van der Waals surface area contributed by atoms with Crippen molar-refractivity contribution in [1.29, 1.82) is 0 Å². The third-order valence-corrected chi connectivity index (χ3v) is 5.00. The maximum Gasteiger partial charge on any atom is 0.269 e. The normalized spacial score (nSPS) is 15.6. The number of benzene rings is 1. The van der Waals surface area contributed by atoms with Crippen molar-refractivity contribution in [1.82, 2.24) is 9.80 Å². The van der Waals surface area contributed by atoms with Gasteiger partial charge >= 0.3 is 0 Å². The van der Waals surface area contributed by atoms with Crippen LogP contribution in [0.25, 0.3) is 0 Å². The summed E-state index contributed by atoms with van der Waals surface area (Å²) in [6.45, 7) is 8.93. The molecule has 0 amide bonds. The molecular weight excluding hydrogens is 314 g/mol. The molecule has 1 heterocycles. The van der Waals surface area contributed by atoms with E-state index in [9.17, 15) is 10.1 Å². The fourth-order valence-corrected chi connectivity index (χ4v) is 3.38. The summed E-state index contributed by atoms with van der Waals surface area (Å²) in [5.41, 5.74) is 1.31. The van der Waals surface area contributed by atoms with E-state index in [1.807, 2.05) is 12.1 Å². The Labute approximate surface area is 152 Å². The molecule has 1 aliphatic heterocycles. The van der Waals surface area contributed by atoms with E-state index in [0.717, 1.165) is 25.2 Å². The number of likely N-dealkylation sites (tertiary alicyclic amines) is 1. The highest BCUT2D eigenvalue weighted by Gasteiger charge is 2.09. The lowest BCUT2D eigenvalue weighted by Gasteiger charge is -2.26. The molecule has 1 aromatic rings. The van der Waals surface area contributed by atoms with Crippen molar-refractivity contribution < 1.29 is 4.92 Å². The zero-order valence-corrected chi connectivity index (χ0v) is 15.5. The van der Waals surface area contributed by atoms with Gasteiger partial charge in [-0.05, 0) is 70.4 Å². The number of nitro benzene ring substituents is 1. The van der Waals surface area contributed by atoms with E-state index in [1.165, 1.54) is 58.2 Å². The smallest absolute Gasteiger partial charge is 0.269 e. The van der Waals surface area contributed by atoms with Crippen LogP contribution in [0.5, 0.6) is 0 Å². The second-order valence-corrected chi connectivity index (χ2v) is 6.91. The van der Waals surface area contributed by atoms with E-state index in [2.05, 4.69) is 23.1 Å². The van der Waals surface area contributed by atoms with Crippen molar-refractivity contribution in [3.63, 3.8) is 0 Å². The number of nitro groups is 1. The Balaban J connectivity index is 1.58. The monoisotopic (exact) mass is 346 g/mol. The van der Waals surface area contributed by atoms with Crippen LogP contribution in [-0.4, -0.2) is 47.4 Å². The first-order chi connectivity index (χ1) is 12.2. The SMILES string of the molecule is CCN(CCCCCCN1CC[CH]CC1)Cc1ccc([N+](=O)[O-])cc1. The zero-order chi connectivity index (χ0) is 17.9. The molecule has 5 nitrogen and oxygen atoms in total. The fourth-order valence-electron chi connectivity index (χ4n) is 3.38. The van der Waals surface area contributed by atoms with E-state index in [4.69, 9.17) is 0 Å². The van der Waals surface area contributed by atoms with Gasteiger partial charge in [-0.2, -0.15) is 0 Å². The standard InChI is InChI=1S/C20H32N3O2/c1-2-21(18-19-10-12-20(13-11-19)23(24)25)14-6-3-4-7-15-22-16-8-5-9-17-22/h5,10-13H,2-4,6-9,14-18H2,1H3. The molecule has 0 saturated carbocycles. The highest BCUT2D eigenvalue weighted by atomic mass is 16.6. The minimum Gasteiger partial charge on any atom is -0.303 e. The summed E-state index contributed by atoms with van der Waals surface area (Å²) < 4.78 is 0. The molecule has 0 aromatic heterocycles. The molecule has 0 bridgehead atoms. The second kappa shape index (κ2) is 11.2. The average Bonchev–Trinajstić information content (AvgIpc) is 2.64. The van der Waals surface area contributed by atoms with Crippen molar-refractivity contribution in [2.24, 2.45) is 0 Å². The van der Waals surface area contributed by atoms with Crippen LogP contribution >= 0.6 is 0 Å². The Kier molecular flexibility index (Phi) is 8.91. The lowest BCUT2D eigenvalue weighted by Crippen LogP contribution is -2.30. The molecule has 0 N–H and O–H groups in total. The molecule has 25 heavy (non-hydrogen) atoms. The highest BCUT2D eigenvalue weighted by Crippen LogP contribution is 2.14. The number of unbranched alkanes of at least 4 members (excludes halogenated alkanes) is 3. The van der Waals surface area contributed by atoms with Crippen LogP contribution in [0.1, 0.15) is 51.0 Å². The van der Waals surface area contributed by atoms with Crippen LogP contribution in [0.3, 0.4) is 0 Å². The first-order valence-electron chi connectivity index (χ1n) is 9.68. The van der Waals surface area contributed by atoms with Crippen LogP contribution in [0, 0.1) is 16.5 Å². The molecule has 1 radical (unpaired) electrons. The van der Waals surface area contributed by atoms with Crippen LogP contribution < -0.4 is 0 Å². The lowest BCUT2D eigenvalue weighted by atomic mass is 10.1. The zero-order valence-electron chi connectivity index (χ0n) is 15.5. The van der Waals surface area contributed by atoms with E-state index >= 15 is 0 Å². The number of nitrogens with zero attached hydrogens (tertiary/aromatic N) is 3. The van der Waals surface area contributed by atoms with Gasteiger partial charge in [0.05, 0.1) is 4.92 Å². The van der Waals surface area contributed by atoms with Crippen molar-refractivity contribution in [3.8, 4) is 0 Å². The Morgan fingerprint density at radius 3 is 2.40 bits per heavy atom. The van der Waals surface area contributed by atoms with E-state index in [-0.39, 0.29) is 10.6 Å². The van der Waals surface area contributed by atoms with Gasteiger partial charge in [0.15, 0.2) is 0 Å². The first kappa shape index (κ1) is 19.9. The van der Waals surface area contributed by atoms with Gasteiger partial charge in [0.25, 0.3) is 5.69 Å². The Bertz CT molecular complexity index is 498. The third kappa shape index (κ3) is 7.53. The van der Waals surface area contributed by atoms with Crippen molar-refractivity contribution in [3.05, 3.63) is 46.4 Å². The maximum absolute atomic E-state index is 10.7. The maximum atomic E-state index is 10.7. The topological polar surface area (TPSA) is 49.6 Å². The summed E-state index contributed by atoms with van der Waals surface area (Å²) in [6.07, 6.45) is 10.1. The van der Waals surface area contributed by atoms with Gasteiger partial charge < -0.3 is 4.90 Å². The molecule has 1 aliphatic rings. The molecule has 2 rings (SSSR count). The number of hydrogen-bond donors (Lipinski definition) is 0. The van der Waals surface area contributed by atoms with Crippen molar-refractivity contribution in [2.75, 3.05) is 32.7 Å². The minimum atomic E-state index is -0.344. The van der Waals surface area contributed by atoms with Gasteiger partial charge in [0.2, 0.25) is 0 Å². The van der Waals surface area contributed by atoms with Crippen molar-refractivity contribution >= 4 is 5.69 Å². The molecule has 139 valence electrons. The summed E-state index contributed by atoms with van der Waals surface area (Å²) in [5, 5.41) is 10.7. The first-order valence-corrected chi connectivity index (χ1v) is 9.68.